The molecule has 206 valence electrons. The van der Waals surface area contributed by atoms with Gasteiger partial charge in [-0.3, -0.25) is 14.5 Å². The lowest BCUT2D eigenvalue weighted by molar-refractivity contribution is -0.137. The Morgan fingerprint density at radius 2 is 1.70 bits per heavy atom. The molecule has 0 spiro atoms. The molecule has 0 bridgehead atoms. The molecule has 1 N–H and O–H groups in total. The first-order valence-corrected chi connectivity index (χ1v) is 12.8. The van der Waals surface area contributed by atoms with Crippen LogP contribution >= 0.6 is 0 Å². The average molecular weight is 551 g/mol. The maximum absolute atomic E-state index is 14.1. The Hall–Kier alpha value is -4.47. The van der Waals surface area contributed by atoms with Crippen LogP contribution < -0.4 is 10.2 Å². The number of carbonyl (C=O) groups excluding carboxylic acids is 2. The van der Waals surface area contributed by atoms with Crippen molar-refractivity contribution in [2.24, 2.45) is 0 Å². The Labute approximate surface area is 228 Å². The number of aromatic nitrogens is 2. The molecule has 6 nitrogen and oxygen atoms in total. The number of nitrogens with zero attached hydrogens (tertiary/aromatic N) is 3. The van der Waals surface area contributed by atoms with Gasteiger partial charge in [-0.1, -0.05) is 43.3 Å². The number of anilines is 1. The summed E-state index contributed by atoms with van der Waals surface area (Å²) in [4.78, 5) is 29.0. The van der Waals surface area contributed by atoms with Gasteiger partial charge in [-0.2, -0.15) is 18.3 Å². The quantitative estimate of drug-likeness (QED) is 0.299. The van der Waals surface area contributed by atoms with Gasteiger partial charge in [0, 0.05) is 23.6 Å². The lowest BCUT2D eigenvalue weighted by atomic mass is 9.81. The van der Waals surface area contributed by atoms with Crippen LogP contribution in [0.1, 0.15) is 52.0 Å². The molecule has 2 unspecified atom stereocenters. The number of para-hydroxylation sites is 1. The number of nitrogens with one attached hydrogen (secondary N) is 1. The van der Waals surface area contributed by atoms with Gasteiger partial charge in [-0.05, 0) is 61.4 Å². The van der Waals surface area contributed by atoms with Gasteiger partial charge >= 0.3 is 6.18 Å². The minimum absolute atomic E-state index is 0.231. The zero-order valence-corrected chi connectivity index (χ0v) is 21.7. The standard InChI is InChI=1S/C30H26F4N4O2/c1-3-16-37-28-24(18(2)36-38(28)23-10-5-4-6-11-23)25(19-12-14-22(31)15-13-19)26(29(37)40)35-27(39)20-8-7-9-21(17-20)30(32,33)34/h4-15,17,25-26H,3,16H2,1-2H3,(H,35,39). The minimum Gasteiger partial charge on any atom is -0.339 e. The first-order chi connectivity index (χ1) is 19.1. The lowest BCUT2D eigenvalue weighted by Crippen LogP contribution is -2.55. The first kappa shape index (κ1) is 27.1. The topological polar surface area (TPSA) is 67.2 Å². The second-order valence-corrected chi connectivity index (χ2v) is 9.62. The van der Waals surface area contributed by atoms with Crippen LogP contribution in [0.15, 0.2) is 78.9 Å². The predicted octanol–water partition coefficient (Wildman–Crippen LogP) is 6.03. The molecule has 0 aliphatic carbocycles. The highest BCUT2D eigenvalue weighted by Gasteiger charge is 2.45. The summed E-state index contributed by atoms with van der Waals surface area (Å²) in [6.45, 7) is 4.02. The Bertz CT molecular complexity index is 1550. The zero-order valence-electron chi connectivity index (χ0n) is 21.7. The van der Waals surface area contributed by atoms with Crippen molar-refractivity contribution < 1.29 is 27.2 Å². The summed E-state index contributed by atoms with van der Waals surface area (Å²) in [6.07, 6.45) is -4.04. The third-order valence-corrected chi connectivity index (χ3v) is 6.93. The van der Waals surface area contributed by atoms with Gasteiger partial charge in [0.15, 0.2) is 0 Å². The number of halogens is 4. The van der Waals surface area contributed by atoms with Crippen molar-refractivity contribution in [2.45, 2.75) is 38.4 Å². The molecule has 0 saturated carbocycles. The maximum atomic E-state index is 14.1. The molecule has 5 rings (SSSR count). The second-order valence-electron chi connectivity index (χ2n) is 9.62. The second kappa shape index (κ2) is 10.6. The molecule has 10 heteroatoms. The monoisotopic (exact) mass is 550 g/mol. The van der Waals surface area contributed by atoms with E-state index in [1.807, 2.05) is 37.3 Å². The molecule has 1 aromatic heterocycles. The van der Waals surface area contributed by atoms with Crippen LogP contribution in [-0.2, 0) is 11.0 Å². The van der Waals surface area contributed by atoms with Crippen LogP contribution in [0.2, 0.25) is 0 Å². The number of benzene rings is 3. The van der Waals surface area contributed by atoms with Gasteiger partial charge in [-0.15, -0.1) is 0 Å². The van der Waals surface area contributed by atoms with Crippen molar-refractivity contribution in [2.75, 3.05) is 11.4 Å². The van der Waals surface area contributed by atoms with Crippen LogP contribution in [0.4, 0.5) is 23.4 Å². The van der Waals surface area contributed by atoms with E-state index in [-0.39, 0.29) is 5.56 Å². The smallest absolute Gasteiger partial charge is 0.339 e. The fraction of sp³-hybridized carbons (Fsp3) is 0.233. The largest absolute Gasteiger partial charge is 0.416 e. The van der Waals surface area contributed by atoms with Crippen molar-refractivity contribution in [3.8, 4) is 5.69 Å². The van der Waals surface area contributed by atoms with E-state index in [1.54, 1.807) is 16.5 Å². The highest BCUT2D eigenvalue weighted by atomic mass is 19.4. The van der Waals surface area contributed by atoms with E-state index in [2.05, 4.69) is 5.32 Å². The van der Waals surface area contributed by atoms with Gasteiger partial charge in [0.2, 0.25) is 0 Å². The number of amides is 2. The highest BCUT2D eigenvalue weighted by molar-refractivity contribution is 6.05. The molecule has 3 aromatic carbocycles. The molecule has 0 fully saturated rings. The van der Waals surface area contributed by atoms with Crippen molar-refractivity contribution in [3.63, 3.8) is 0 Å². The van der Waals surface area contributed by atoms with Crippen molar-refractivity contribution in [3.05, 3.63) is 113 Å². The van der Waals surface area contributed by atoms with E-state index in [4.69, 9.17) is 5.10 Å². The predicted molar refractivity (Wildman–Crippen MR) is 142 cm³/mol. The number of rotatable bonds is 6. The third kappa shape index (κ3) is 4.97. The molecule has 4 aromatic rings. The van der Waals surface area contributed by atoms with Crippen molar-refractivity contribution in [1.82, 2.24) is 15.1 Å². The molecule has 2 atom stereocenters. The molecule has 0 radical (unpaired) electrons. The highest BCUT2D eigenvalue weighted by Crippen LogP contribution is 2.43. The van der Waals surface area contributed by atoms with E-state index < -0.39 is 41.3 Å². The molecule has 1 aliphatic heterocycles. The van der Waals surface area contributed by atoms with Crippen LogP contribution in [-0.4, -0.2) is 34.2 Å². The molecular formula is C30H26F4N4O2. The third-order valence-electron chi connectivity index (χ3n) is 6.93. The maximum Gasteiger partial charge on any atom is 0.416 e. The summed E-state index contributed by atoms with van der Waals surface area (Å²) in [5.74, 6) is -1.98. The molecule has 2 amide bonds. The Kier molecular flexibility index (Phi) is 7.18. The summed E-state index contributed by atoms with van der Waals surface area (Å²) in [5, 5.41) is 7.45. The number of hydrogen-bond acceptors (Lipinski definition) is 3. The molecule has 2 heterocycles. The number of fused-ring (bicyclic) bond motifs is 1. The molecule has 40 heavy (non-hydrogen) atoms. The number of alkyl halides is 3. The Morgan fingerprint density at radius 1 is 1.00 bits per heavy atom. The van der Waals surface area contributed by atoms with E-state index >= 15 is 0 Å². The van der Waals surface area contributed by atoms with Gasteiger partial charge in [-0.25, -0.2) is 9.07 Å². The SMILES string of the molecule is CCCN1C(=O)C(NC(=O)c2cccc(C(F)(F)F)c2)C(c2ccc(F)cc2)c2c(C)nn(-c3ccccc3)c21. The lowest BCUT2D eigenvalue weighted by Gasteiger charge is -2.39. The number of aryl methyl sites for hydroxylation is 1. The molecular weight excluding hydrogens is 524 g/mol. The minimum atomic E-state index is -4.64. The van der Waals surface area contributed by atoms with Gasteiger partial charge in [0.1, 0.15) is 17.7 Å². The fourth-order valence-electron chi connectivity index (χ4n) is 5.16. The van der Waals surface area contributed by atoms with Gasteiger partial charge < -0.3 is 5.32 Å². The number of hydrogen-bond donors (Lipinski definition) is 1. The van der Waals surface area contributed by atoms with Crippen LogP contribution in [0.3, 0.4) is 0 Å². The van der Waals surface area contributed by atoms with Gasteiger partial charge in [0.25, 0.3) is 11.8 Å². The summed E-state index contributed by atoms with van der Waals surface area (Å²) in [6, 6.07) is 17.7. The Morgan fingerprint density at radius 3 is 2.35 bits per heavy atom. The van der Waals surface area contributed by atoms with E-state index in [0.717, 1.165) is 23.9 Å². The Balaban J connectivity index is 1.66. The zero-order chi connectivity index (χ0) is 28.6. The van der Waals surface area contributed by atoms with Crippen LogP contribution in [0.5, 0.6) is 0 Å². The normalized spacial score (nSPS) is 17.1. The summed E-state index contributed by atoms with van der Waals surface area (Å²) in [7, 11) is 0. The van der Waals surface area contributed by atoms with E-state index in [0.29, 0.717) is 35.6 Å². The van der Waals surface area contributed by atoms with E-state index in [9.17, 15) is 27.2 Å². The van der Waals surface area contributed by atoms with Crippen LogP contribution in [0.25, 0.3) is 5.69 Å². The first-order valence-electron chi connectivity index (χ1n) is 12.8. The summed E-state index contributed by atoms with van der Waals surface area (Å²) < 4.78 is 55.6. The molecule has 0 saturated heterocycles. The molecule has 1 aliphatic rings. The average Bonchev–Trinajstić information content (AvgIpc) is 3.28. The summed E-state index contributed by atoms with van der Waals surface area (Å²) in [5.41, 5.74) is 1.34. The van der Waals surface area contributed by atoms with Crippen molar-refractivity contribution >= 4 is 17.6 Å². The fourth-order valence-corrected chi connectivity index (χ4v) is 5.16. The summed E-state index contributed by atoms with van der Waals surface area (Å²) >= 11 is 0. The van der Waals surface area contributed by atoms with Crippen molar-refractivity contribution in [1.29, 1.82) is 0 Å². The van der Waals surface area contributed by atoms with Crippen LogP contribution in [0, 0.1) is 12.7 Å². The van der Waals surface area contributed by atoms with E-state index in [1.165, 1.54) is 30.3 Å². The number of carbonyl (C=O) groups is 2. The van der Waals surface area contributed by atoms with Gasteiger partial charge in [0.05, 0.1) is 16.9 Å².